The van der Waals surface area contributed by atoms with Crippen LogP contribution in [0.1, 0.15) is 30.5 Å². The number of nitrogens with one attached hydrogen (secondary N) is 1. The lowest BCUT2D eigenvalue weighted by atomic mass is 10.1. The minimum Gasteiger partial charge on any atom is -0.508 e. The maximum atomic E-state index is 9.59. The van der Waals surface area contributed by atoms with Crippen LogP contribution in [-0.2, 0) is 11.2 Å². The van der Waals surface area contributed by atoms with Crippen LogP contribution in [0.5, 0.6) is 5.75 Å². The van der Waals surface area contributed by atoms with Gasteiger partial charge in [0.05, 0.1) is 16.3 Å². The molecule has 1 aliphatic heterocycles. The molecule has 0 radical (unpaired) electrons. The third-order valence-corrected chi connectivity index (χ3v) is 4.66. The highest BCUT2D eigenvalue weighted by molar-refractivity contribution is 9.10. The first kappa shape index (κ1) is 16.2. The normalized spacial score (nSPS) is 17.4. The molecule has 6 heteroatoms. The third-order valence-electron chi connectivity index (χ3n) is 4.00. The van der Waals surface area contributed by atoms with Crippen molar-refractivity contribution in [3.63, 3.8) is 0 Å². The summed E-state index contributed by atoms with van der Waals surface area (Å²) >= 11 is 3.52. The zero-order valence-corrected chi connectivity index (χ0v) is 14.6. The minimum absolute atomic E-state index is 0.282. The molecule has 0 aliphatic carbocycles. The van der Waals surface area contributed by atoms with E-state index < -0.39 is 0 Å². The van der Waals surface area contributed by atoms with Crippen molar-refractivity contribution < 1.29 is 9.84 Å². The first-order valence-electron chi connectivity index (χ1n) is 7.81. The maximum Gasteiger partial charge on any atom is 0.227 e. The number of rotatable bonds is 5. The van der Waals surface area contributed by atoms with Crippen molar-refractivity contribution in [1.29, 1.82) is 0 Å². The van der Waals surface area contributed by atoms with Crippen LogP contribution >= 0.6 is 15.9 Å². The van der Waals surface area contributed by atoms with E-state index in [4.69, 9.17) is 4.74 Å². The van der Waals surface area contributed by atoms with Crippen LogP contribution in [0.2, 0.25) is 0 Å². The minimum atomic E-state index is 0.282. The van der Waals surface area contributed by atoms with Gasteiger partial charge in [0.2, 0.25) is 5.95 Å². The van der Waals surface area contributed by atoms with E-state index in [9.17, 15) is 5.11 Å². The van der Waals surface area contributed by atoms with Crippen molar-refractivity contribution >= 4 is 27.6 Å². The molecule has 1 fully saturated rings. The number of hydrogen-bond acceptors (Lipinski definition) is 5. The summed E-state index contributed by atoms with van der Waals surface area (Å²) < 4.78 is 6.59. The highest BCUT2D eigenvalue weighted by Gasteiger charge is 2.16. The number of aryl methyl sites for hydroxylation is 2. The number of anilines is 2. The number of phenolic OH excluding ortho intramolecular Hbond substituents is 1. The molecule has 0 saturated carbocycles. The molecule has 23 heavy (non-hydrogen) atoms. The third kappa shape index (κ3) is 4.20. The fourth-order valence-corrected chi connectivity index (χ4v) is 3.06. The predicted molar refractivity (Wildman–Crippen MR) is 93.2 cm³/mol. The number of aromatic hydroxyl groups is 1. The lowest BCUT2D eigenvalue weighted by molar-refractivity contribution is 0.104. The van der Waals surface area contributed by atoms with Crippen molar-refractivity contribution in [2.75, 3.05) is 11.9 Å². The summed E-state index contributed by atoms with van der Waals surface area (Å²) in [4.78, 5) is 8.90. The maximum absolute atomic E-state index is 9.59. The molecular formula is C17H20BrN3O2. The number of benzene rings is 1. The predicted octanol–water partition coefficient (Wildman–Crippen LogP) is 4.11. The highest BCUT2D eigenvalue weighted by atomic mass is 79.9. The van der Waals surface area contributed by atoms with Gasteiger partial charge in [-0.05, 0) is 72.3 Å². The van der Waals surface area contributed by atoms with Gasteiger partial charge in [-0.1, -0.05) is 0 Å². The molecule has 1 saturated heterocycles. The Hall–Kier alpha value is -1.66. The molecule has 2 aromatic rings. The van der Waals surface area contributed by atoms with Gasteiger partial charge in [0, 0.05) is 18.5 Å². The van der Waals surface area contributed by atoms with Crippen LogP contribution in [0.4, 0.5) is 11.6 Å². The smallest absolute Gasteiger partial charge is 0.227 e. The van der Waals surface area contributed by atoms with Crippen LogP contribution in [0.25, 0.3) is 0 Å². The van der Waals surface area contributed by atoms with E-state index in [0.717, 1.165) is 53.7 Å². The van der Waals surface area contributed by atoms with Crippen molar-refractivity contribution in [3.8, 4) is 5.75 Å². The molecule has 1 aromatic heterocycles. The molecule has 0 amide bonds. The van der Waals surface area contributed by atoms with Gasteiger partial charge in [-0.3, -0.25) is 0 Å². The van der Waals surface area contributed by atoms with Gasteiger partial charge < -0.3 is 15.2 Å². The van der Waals surface area contributed by atoms with Crippen LogP contribution < -0.4 is 5.32 Å². The second-order valence-electron chi connectivity index (χ2n) is 5.79. The lowest BCUT2D eigenvalue weighted by Crippen LogP contribution is -2.08. The molecule has 3 rings (SSSR count). The molecule has 1 unspecified atom stereocenters. The Bertz CT molecular complexity index is 688. The van der Waals surface area contributed by atoms with Gasteiger partial charge in [0.1, 0.15) is 5.75 Å². The van der Waals surface area contributed by atoms with Crippen molar-refractivity contribution in [3.05, 3.63) is 40.1 Å². The van der Waals surface area contributed by atoms with E-state index in [1.807, 2.05) is 13.0 Å². The second-order valence-corrected chi connectivity index (χ2v) is 6.64. The van der Waals surface area contributed by atoms with E-state index in [2.05, 4.69) is 31.2 Å². The van der Waals surface area contributed by atoms with E-state index in [1.165, 1.54) is 0 Å². The Kier molecular flexibility index (Phi) is 5.13. The molecule has 1 atom stereocenters. The van der Waals surface area contributed by atoms with Gasteiger partial charge in [-0.2, -0.15) is 0 Å². The van der Waals surface area contributed by atoms with Crippen molar-refractivity contribution in [1.82, 2.24) is 9.97 Å². The zero-order valence-electron chi connectivity index (χ0n) is 13.1. The summed E-state index contributed by atoms with van der Waals surface area (Å²) in [5.74, 6) is 0.838. The molecule has 2 heterocycles. The standard InChI is InChI=1S/C17H20BrN3O2/c1-11-9-12(4-7-16(11)22)20-17-19-10-14(18)15(21-17)6-5-13-3-2-8-23-13/h4,7,9-10,13,22H,2-3,5-6,8H2,1H3,(H,19,20,21). The zero-order chi connectivity index (χ0) is 16.2. The summed E-state index contributed by atoms with van der Waals surface area (Å²) in [6.45, 7) is 2.73. The average Bonchev–Trinajstić information content (AvgIpc) is 3.05. The lowest BCUT2D eigenvalue weighted by Gasteiger charge is -2.11. The van der Waals surface area contributed by atoms with Gasteiger partial charge in [0.25, 0.3) is 0 Å². The number of halogens is 1. The molecule has 0 spiro atoms. The molecular weight excluding hydrogens is 358 g/mol. The fourth-order valence-electron chi connectivity index (χ4n) is 2.67. The quantitative estimate of drug-likeness (QED) is 0.767. The molecule has 5 nitrogen and oxygen atoms in total. The van der Waals surface area contributed by atoms with Gasteiger partial charge in [-0.25, -0.2) is 9.97 Å². The summed E-state index contributed by atoms with van der Waals surface area (Å²) in [7, 11) is 0. The Balaban J connectivity index is 1.69. The van der Waals surface area contributed by atoms with Gasteiger partial charge in [-0.15, -0.1) is 0 Å². The fraction of sp³-hybridized carbons (Fsp3) is 0.412. The van der Waals surface area contributed by atoms with Gasteiger partial charge >= 0.3 is 0 Å². The van der Waals surface area contributed by atoms with E-state index in [1.54, 1.807) is 18.3 Å². The number of aromatic nitrogens is 2. The van der Waals surface area contributed by atoms with Crippen LogP contribution in [-0.4, -0.2) is 27.8 Å². The van der Waals surface area contributed by atoms with Crippen LogP contribution in [0.15, 0.2) is 28.9 Å². The molecule has 122 valence electrons. The van der Waals surface area contributed by atoms with Crippen LogP contribution in [0.3, 0.4) is 0 Å². The summed E-state index contributed by atoms with van der Waals surface area (Å²) in [5, 5.41) is 12.8. The largest absolute Gasteiger partial charge is 0.508 e. The summed E-state index contributed by atoms with van der Waals surface area (Å²) in [5.41, 5.74) is 2.65. The number of hydrogen-bond donors (Lipinski definition) is 2. The monoisotopic (exact) mass is 377 g/mol. The summed E-state index contributed by atoms with van der Waals surface area (Å²) in [6, 6.07) is 5.33. The molecule has 1 aromatic carbocycles. The highest BCUT2D eigenvalue weighted by Crippen LogP contribution is 2.24. The number of phenols is 1. The molecule has 2 N–H and O–H groups in total. The van der Waals surface area contributed by atoms with E-state index >= 15 is 0 Å². The van der Waals surface area contributed by atoms with E-state index in [0.29, 0.717) is 12.1 Å². The van der Waals surface area contributed by atoms with Crippen molar-refractivity contribution in [2.45, 2.75) is 38.7 Å². The molecule has 0 bridgehead atoms. The second kappa shape index (κ2) is 7.27. The topological polar surface area (TPSA) is 67.3 Å². The first-order valence-corrected chi connectivity index (χ1v) is 8.61. The Morgan fingerprint density at radius 2 is 2.30 bits per heavy atom. The Labute approximate surface area is 144 Å². The SMILES string of the molecule is Cc1cc(Nc2ncc(Br)c(CCC3CCCO3)n2)ccc1O. The number of nitrogens with zero attached hydrogens (tertiary/aromatic N) is 2. The average molecular weight is 378 g/mol. The summed E-state index contributed by atoms with van der Waals surface area (Å²) in [6.07, 6.45) is 6.26. The van der Waals surface area contributed by atoms with E-state index in [-0.39, 0.29) is 5.75 Å². The Morgan fingerprint density at radius 1 is 1.43 bits per heavy atom. The van der Waals surface area contributed by atoms with Gasteiger partial charge in [0.15, 0.2) is 0 Å². The number of ether oxygens (including phenoxy) is 1. The first-order chi connectivity index (χ1) is 11.1. The van der Waals surface area contributed by atoms with Crippen molar-refractivity contribution in [2.24, 2.45) is 0 Å². The van der Waals surface area contributed by atoms with Crippen LogP contribution in [0, 0.1) is 6.92 Å². The molecule has 1 aliphatic rings. The Morgan fingerprint density at radius 3 is 3.04 bits per heavy atom.